The van der Waals surface area contributed by atoms with Crippen molar-refractivity contribution in [1.82, 2.24) is 20.0 Å². The highest BCUT2D eigenvalue weighted by Gasteiger charge is 2.31. The van der Waals surface area contributed by atoms with Gasteiger partial charge in [-0.1, -0.05) is 18.2 Å². The zero-order valence-electron chi connectivity index (χ0n) is 20.0. The first kappa shape index (κ1) is 24.3. The molecule has 2 heterocycles. The van der Waals surface area contributed by atoms with E-state index < -0.39 is 0 Å². The molecule has 0 radical (unpaired) electrons. The number of amides is 1. The van der Waals surface area contributed by atoms with Crippen molar-refractivity contribution in [2.75, 3.05) is 13.7 Å². The minimum absolute atomic E-state index is 0.182. The average Bonchev–Trinajstić information content (AvgIpc) is 3.43. The zero-order chi connectivity index (χ0) is 24.8. The lowest BCUT2D eigenvalue weighted by Gasteiger charge is -2.14. The van der Waals surface area contributed by atoms with Crippen molar-refractivity contribution in [3.63, 3.8) is 0 Å². The van der Waals surface area contributed by atoms with E-state index >= 15 is 0 Å². The molecule has 182 valence electrons. The van der Waals surface area contributed by atoms with Gasteiger partial charge in [-0.3, -0.25) is 14.4 Å². The minimum atomic E-state index is -0.182. The molecule has 1 aliphatic rings. The number of hydrogen-bond donors (Lipinski definition) is 1. The molecule has 4 rings (SSSR count). The van der Waals surface area contributed by atoms with Crippen LogP contribution in [0.5, 0.6) is 17.2 Å². The van der Waals surface area contributed by atoms with Crippen LogP contribution in [0, 0.1) is 0 Å². The van der Waals surface area contributed by atoms with Gasteiger partial charge in [0.25, 0.3) is 5.91 Å². The van der Waals surface area contributed by atoms with Crippen LogP contribution in [0.1, 0.15) is 30.5 Å². The van der Waals surface area contributed by atoms with Gasteiger partial charge in [0.15, 0.2) is 16.6 Å². The lowest BCUT2D eigenvalue weighted by Crippen LogP contribution is -2.29. The number of benzene rings is 2. The van der Waals surface area contributed by atoms with Crippen molar-refractivity contribution in [2.24, 2.45) is 0 Å². The maximum atomic E-state index is 13.0. The quantitative estimate of drug-likeness (QED) is 0.337. The van der Waals surface area contributed by atoms with Crippen LogP contribution in [0.4, 0.5) is 0 Å². The number of ether oxygens (including phenoxy) is 3. The molecular weight excluding hydrogens is 464 g/mol. The van der Waals surface area contributed by atoms with Gasteiger partial charge in [-0.15, -0.1) is 0 Å². The second-order valence-corrected chi connectivity index (χ2v) is 8.21. The maximum absolute atomic E-state index is 13.0. The topological polar surface area (TPSA) is 77.9 Å². The van der Waals surface area contributed by atoms with E-state index in [1.165, 1.54) is 4.90 Å². The lowest BCUT2D eigenvalue weighted by atomic mass is 10.1. The molecule has 0 saturated carbocycles. The molecule has 9 heteroatoms. The molecule has 0 spiro atoms. The third-order valence-electron chi connectivity index (χ3n) is 5.46. The summed E-state index contributed by atoms with van der Waals surface area (Å²) in [6.45, 7) is 5.90. The van der Waals surface area contributed by atoms with Crippen LogP contribution in [0.15, 0.2) is 60.6 Å². The van der Waals surface area contributed by atoms with Crippen LogP contribution in [-0.2, 0) is 24.5 Å². The van der Waals surface area contributed by atoms with Crippen LogP contribution in [0.3, 0.4) is 0 Å². The van der Waals surface area contributed by atoms with Crippen LogP contribution < -0.4 is 19.5 Å². The molecule has 2 aromatic carbocycles. The lowest BCUT2D eigenvalue weighted by molar-refractivity contribution is -0.122. The number of methoxy groups -OCH3 is 1. The molecule has 1 saturated heterocycles. The monoisotopic (exact) mass is 492 g/mol. The second kappa shape index (κ2) is 11.1. The number of para-hydroxylation sites is 2. The molecule has 1 N–H and O–H groups in total. The standard InChI is InChI=1S/C26H28N4O4S/c1-4-29-15-19(14-27-29)16-30-25(31)21(28-26(30)35)13-18-10-11-22(32-3)20(12-18)17-34-24-9-7-6-8-23(24)33-5-2/h6-15H,4-5,16-17H2,1-3H3,(H,28,35)/b21-13+. The van der Waals surface area contributed by atoms with E-state index in [9.17, 15) is 4.79 Å². The summed E-state index contributed by atoms with van der Waals surface area (Å²) in [5, 5.41) is 7.67. The summed E-state index contributed by atoms with van der Waals surface area (Å²) in [6, 6.07) is 13.2. The van der Waals surface area contributed by atoms with Gasteiger partial charge in [0.05, 0.1) is 26.5 Å². The first-order chi connectivity index (χ1) is 17.0. The summed E-state index contributed by atoms with van der Waals surface area (Å²) in [4.78, 5) is 14.6. The summed E-state index contributed by atoms with van der Waals surface area (Å²) in [5.74, 6) is 1.85. The SMILES string of the molecule is CCOc1ccccc1OCc1cc(/C=C2/NC(=S)N(Cc3cnn(CC)c3)C2=O)ccc1OC. The Balaban J connectivity index is 1.51. The fraction of sp³-hybridized carbons (Fsp3) is 0.269. The van der Waals surface area contributed by atoms with Crippen LogP contribution >= 0.6 is 12.2 Å². The predicted molar refractivity (Wildman–Crippen MR) is 137 cm³/mol. The van der Waals surface area contributed by atoms with E-state index in [-0.39, 0.29) is 12.5 Å². The van der Waals surface area contributed by atoms with Crippen LogP contribution in [0.2, 0.25) is 0 Å². The van der Waals surface area contributed by atoms with E-state index in [0.717, 1.165) is 23.2 Å². The Kier molecular flexibility index (Phi) is 7.67. The summed E-state index contributed by atoms with van der Waals surface area (Å²) in [6.07, 6.45) is 5.44. The number of nitrogens with zero attached hydrogens (tertiary/aromatic N) is 3. The van der Waals surface area contributed by atoms with Crippen molar-refractivity contribution in [3.05, 3.63) is 77.2 Å². The average molecular weight is 493 g/mol. The fourth-order valence-corrected chi connectivity index (χ4v) is 3.98. The number of thiocarbonyl (C=S) groups is 1. The molecular formula is C26H28N4O4S. The predicted octanol–water partition coefficient (Wildman–Crippen LogP) is 4.15. The molecule has 35 heavy (non-hydrogen) atoms. The summed E-state index contributed by atoms with van der Waals surface area (Å²) < 4.78 is 19.0. The molecule has 0 aliphatic carbocycles. The van der Waals surface area contributed by atoms with Gasteiger partial charge in [-0.2, -0.15) is 5.10 Å². The van der Waals surface area contributed by atoms with Crippen molar-refractivity contribution in [1.29, 1.82) is 0 Å². The first-order valence-corrected chi connectivity index (χ1v) is 11.8. The van der Waals surface area contributed by atoms with E-state index in [0.29, 0.717) is 41.2 Å². The number of nitrogens with one attached hydrogen (secondary N) is 1. The van der Waals surface area contributed by atoms with Crippen molar-refractivity contribution in [3.8, 4) is 17.2 Å². The second-order valence-electron chi connectivity index (χ2n) is 7.82. The van der Waals surface area contributed by atoms with Gasteiger partial charge in [0.2, 0.25) is 0 Å². The molecule has 0 atom stereocenters. The van der Waals surface area contributed by atoms with E-state index in [1.54, 1.807) is 19.4 Å². The fourth-order valence-electron chi connectivity index (χ4n) is 3.73. The normalized spacial score (nSPS) is 14.4. The number of aryl methyl sites for hydroxylation is 1. The van der Waals surface area contributed by atoms with Crippen LogP contribution in [0.25, 0.3) is 6.08 Å². The molecule has 8 nitrogen and oxygen atoms in total. The van der Waals surface area contributed by atoms with Gasteiger partial charge in [-0.05, 0) is 62.0 Å². The Bertz CT molecular complexity index is 1250. The highest BCUT2D eigenvalue weighted by atomic mass is 32.1. The van der Waals surface area contributed by atoms with Gasteiger partial charge < -0.3 is 19.5 Å². The smallest absolute Gasteiger partial charge is 0.276 e. The maximum Gasteiger partial charge on any atom is 0.276 e. The number of aromatic nitrogens is 2. The summed E-state index contributed by atoms with van der Waals surface area (Å²) in [5.41, 5.74) is 2.99. The number of rotatable bonds is 10. The Morgan fingerprint density at radius 1 is 1.09 bits per heavy atom. The van der Waals surface area contributed by atoms with Crippen molar-refractivity contribution >= 4 is 29.3 Å². The van der Waals surface area contributed by atoms with Gasteiger partial charge >= 0.3 is 0 Å². The molecule has 3 aromatic rings. The number of carbonyl (C=O) groups excluding carboxylic acids is 1. The molecule has 1 aromatic heterocycles. The van der Waals surface area contributed by atoms with Gasteiger partial charge in [0, 0.05) is 23.9 Å². The first-order valence-electron chi connectivity index (χ1n) is 11.4. The summed E-state index contributed by atoms with van der Waals surface area (Å²) in [7, 11) is 1.62. The third kappa shape index (κ3) is 5.63. The van der Waals surface area contributed by atoms with Crippen molar-refractivity contribution < 1.29 is 19.0 Å². The van der Waals surface area contributed by atoms with Gasteiger partial charge in [-0.25, -0.2) is 0 Å². The highest BCUT2D eigenvalue weighted by molar-refractivity contribution is 7.80. The Labute approximate surface area is 210 Å². The van der Waals surface area contributed by atoms with E-state index in [2.05, 4.69) is 10.4 Å². The van der Waals surface area contributed by atoms with Crippen molar-refractivity contribution in [2.45, 2.75) is 33.5 Å². The molecule has 0 bridgehead atoms. The Morgan fingerprint density at radius 2 is 1.86 bits per heavy atom. The van der Waals surface area contributed by atoms with E-state index in [4.69, 9.17) is 26.4 Å². The third-order valence-corrected chi connectivity index (χ3v) is 5.78. The Morgan fingerprint density at radius 3 is 2.54 bits per heavy atom. The van der Waals surface area contributed by atoms with E-state index in [1.807, 2.05) is 67.2 Å². The molecule has 1 fully saturated rings. The molecule has 1 aliphatic heterocycles. The number of hydrogen-bond acceptors (Lipinski definition) is 6. The number of carbonyl (C=O) groups is 1. The summed E-state index contributed by atoms with van der Waals surface area (Å²) >= 11 is 5.41. The molecule has 1 amide bonds. The highest BCUT2D eigenvalue weighted by Crippen LogP contribution is 2.29. The zero-order valence-corrected chi connectivity index (χ0v) is 20.8. The molecule has 0 unspecified atom stereocenters. The largest absolute Gasteiger partial charge is 0.496 e. The van der Waals surface area contributed by atoms with Crippen LogP contribution in [-0.4, -0.2) is 39.4 Å². The minimum Gasteiger partial charge on any atom is -0.496 e. The Hall–Kier alpha value is -3.85. The van der Waals surface area contributed by atoms with Gasteiger partial charge in [0.1, 0.15) is 18.1 Å².